The molecule has 0 saturated carbocycles. The van der Waals surface area contributed by atoms with Crippen LogP contribution in [0.25, 0.3) is 0 Å². The minimum Gasteiger partial charge on any atom is -0.466 e. The SMILES string of the molecule is CCNC(=NCC(C)(O)c1cc(C)oc1C)NCC(CCN(C)C)OCC.I. The van der Waals surface area contributed by atoms with E-state index in [0.29, 0.717) is 19.1 Å². The fourth-order valence-electron chi connectivity index (χ4n) is 2.92. The number of aliphatic imine (C=N–C) groups is 1. The van der Waals surface area contributed by atoms with E-state index < -0.39 is 5.60 Å². The molecule has 1 rings (SSSR count). The minimum atomic E-state index is -1.09. The van der Waals surface area contributed by atoms with Gasteiger partial charge in [0, 0.05) is 31.8 Å². The Balaban J connectivity index is 0.00000729. The number of rotatable bonds is 11. The van der Waals surface area contributed by atoms with Crippen LogP contribution in [-0.2, 0) is 10.3 Å². The molecule has 7 nitrogen and oxygen atoms in total. The Labute approximate surface area is 187 Å². The van der Waals surface area contributed by atoms with Gasteiger partial charge in [-0.05, 0) is 61.2 Å². The molecule has 0 fully saturated rings. The first-order valence-corrected chi connectivity index (χ1v) is 9.78. The average Bonchev–Trinajstić information content (AvgIpc) is 2.94. The van der Waals surface area contributed by atoms with Gasteiger partial charge in [-0.25, -0.2) is 4.99 Å². The lowest BCUT2D eigenvalue weighted by atomic mass is 9.96. The summed E-state index contributed by atoms with van der Waals surface area (Å²) < 4.78 is 11.4. The Hall–Kier alpha value is -0.840. The van der Waals surface area contributed by atoms with Crippen molar-refractivity contribution in [2.24, 2.45) is 4.99 Å². The maximum absolute atomic E-state index is 10.9. The van der Waals surface area contributed by atoms with Crippen LogP contribution in [0.5, 0.6) is 0 Å². The lowest BCUT2D eigenvalue weighted by Gasteiger charge is -2.23. The van der Waals surface area contributed by atoms with Gasteiger partial charge in [-0.2, -0.15) is 0 Å². The summed E-state index contributed by atoms with van der Waals surface area (Å²) >= 11 is 0. The molecule has 0 aliphatic carbocycles. The smallest absolute Gasteiger partial charge is 0.191 e. The van der Waals surface area contributed by atoms with Crippen molar-refractivity contribution >= 4 is 29.9 Å². The number of aliphatic hydroxyl groups is 1. The normalized spacial score (nSPS) is 15.1. The molecule has 1 heterocycles. The number of aryl methyl sites for hydroxylation is 2. The molecule has 2 unspecified atom stereocenters. The second-order valence-corrected chi connectivity index (χ2v) is 7.35. The van der Waals surface area contributed by atoms with E-state index in [1.54, 1.807) is 6.92 Å². The highest BCUT2D eigenvalue weighted by molar-refractivity contribution is 14.0. The Kier molecular flexibility index (Phi) is 13.0. The van der Waals surface area contributed by atoms with Crippen LogP contribution in [0.3, 0.4) is 0 Å². The zero-order chi connectivity index (χ0) is 20.4. The van der Waals surface area contributed by atoms with Crippen molar-refractivity contribution in [3.8, 4) is 0 Å². The third-order valence-electron chi connectivity index (χ3n) is 4.31. The molecule has 0 aliphatic rings. The topological polar surface area (TPSA) is 82.3 Å². The highest BCUT2D eigenvalue weighted by atomic mass is 127. The summed E-state index contributed by atoms with van der Waals surface area (Å²) in [5, 5.41) is 17.4. The molecule has 0 bridgehead atoms. The van der Waals surface area contributed by atoms with Crippen molar-refractivity contribution < 1.29 is 14.3 Å². The molecular formula is C20H39IN4O3. The molecule has 8 heteroatoms. The van der Waals surface area contributed by atoms with Crippen molar-refractivity contribution in [2.45, 2.75) is 52.7 Å². The Morgan fingerprint density at radius 3 is 2.50 bits per heavy atom. The molecule has 0 saturated heterocycles. The number of nitrogens with zero attached hydrogens (tertiary/aromatic N) is 2. The first kappa shape index (κ1) is 27.2. The lowest BCUT2D eigenvalue weighted by Crippen LogP contribution is -2.43. The van der Waals surface area contributed by atoms with Crippen LogP contribution in [0.15, 0.2) is 15.5 Å². The summed E-state index contributed by atoms with van der Waals surface area (Å²) in [6.07, 6.45) is 1.05. The van der Waals surface area contributed by atoms with Gasteiger partial charge in [-0.1, -0.05) is 0 Å². The summed E-state index contributed by atoms with van der Waals surface area (Å²) in [4.78, 5) is 6.73. The number of furan rings is 1. The highest BCUT2D eigenvalue weighted by Gasteiger charge is 2.27. The van der Waals surface area contributed by atoms with Crippen LogP contribution >= 0.6 is 24.0 Å². The lowest BCUT2D eigenvalue weighted by molar-refractivity contribution is 0.0546. The zero-order valence-corrected chi connectivity index (χ0v) is 20.8. The molecule has 164 valence electrons. The second kappa shape index (κ2) is 13.4. The molecular weight excluding hydrogens is 471 g/mol. The van der Waals surface area contributed by atoms with Crippen LogP contribution in [0.2, 0.25) is 0 Å². The Morgan fingerprint density at radius 2 is 2.00 bits per heavy atom. The van der Waals surface area contributed by atoms with Crippen LogP contribution < -0.4 is 10.6 Å². The number of guanidine groups is 1. The van der Waals surface area contributed by atoms with Gasteiger partial charge in [-0.15, -0.1) is 24.0 Å². The van der Waals surface area contributed by atoms with E-state index in [2.05, 4.69) is 34.6 Å². The van der Waals surface area contributed by atoms with Crippen LogP contribution in [0.4, 0.5) is 0 Å². The van der Waals surface area contributed by atoms with Crippen LogP contribution in [0.1, 0.15) is 44.3 Å². The number of hydrogen-bond donors (Lipinski definition) is 3. The zero-order valence-electron chi connectivity index (χ0n) is 18.5. The summed E-state index contributed by atoms with van der Waals surface area (Å²) in [5.74, 6) is 2.19. The molecule has 0 radical (unpaired) electrons. The van der Waals surface area contributed by atoms with Gasteiger partial charge in [0.2, 0.25) is 0 Å². The number of halogens is 1. The predicted molar refractivity (Wildman–Crippen MR) is 126 cm³/mol. The van der Waals surface area contributed by atoms with Crippen molar-refractivity contribution in [1.82, 2.24) is 15.5 Å². The predicted octanol–water partition coefficient (Wildman–Crippen LogP) is 2.63. The summed E-state index contributed by atoms with van der Waals surface area (Å²) in [6, 6.07) is 1.87. The first-order chi connectivity index (χ1) is 12.7. The van der Waals surface area contributed by atoms with Gasteiger partial charge in [0.1, 0.15) is 17.1 Å². The molecule has 1 aromatic rings. The van der Waals surface area contributed by atoms with Crippen molar-refractivity contribution in [2.75, 3.05) is 46.9 Å². The highest BCUT2D eigenvalue weighted by Crippen LogP contribution is 2.27. The third kappa shape index (κ3) is 9.58. The standard InChI is InChI=1S/C20H38N4O3.HI/c1-8-21-19(22-13-17(26-9-2)10-11-24(6)7)23-14-20(5,25)18-12-15(3)27-16(18)4;/h12,17,25H,8-11,13-14H2,1-7H3,(H2,21,22,23);1H. The van der Waals surface area contributed by atoms with E-state index >= 15 is 0 Å². The Morgan fingerprint density at radius 1 is 1.32 bits per heavy atom. The van der Waals surface area contributed by atoms with E-state index in [1.165, 1.54) is 0 Å². The first-order valence-electron chi connectivity index (χ1n) is 9.78. The number of nitrogens with one attached hydrogen (secondary N) is 2. The third-order valence-corrected chi connectivity index (χ3v) is 4.31. The van der Waals surface area contributed by atoms with Gasteiger partial charge in [0.25, 0.3) is 0 Å². The average molecular weight is 510 g/mol. The number of hydrogen-bond acceptors (Lipinski definition) is 5. The van der Waals surface area contributed by atoms with Gasteiger partial charge in [0.05, 0.1) is 12.6 Å². The quantitative estimate of drug-likeness (QED) is 0.241. The van der Waals surface area contributed by atoms with Crippen LogP contribution in [0, 0.1) is 13.8 Å². The van der Waals surface area contributed by atoms with E-state index in [4.69, 9.17) is 9.15 Å². The van der Waals surface area contributed by atoms with E-state index in [9.17, 15) is 5.11 Å². The Bertz CT molecular complexity index is 588. The van der Waals surface area contributed by atoms with Crippen molar-refractivity contribution in [3.63, 3.8) is 0 Å². The van der Waals surface area contributed by atoms with E-state index in [-0.39, 0.29) is 36.6 Å². The van der Waals surface area contributed by atoms with Crippen molar-refractivity contribution in [3.05, 3.63) is 23.2 Å². The maximum Gasteiger partial charge on any atom is 0.191 e. The largest absolute Gasteiger partial charge is 0.466 e. The molecule has 2 atom stereocenters. The summed E-state index contributed by atoms with van der Waals surface area (Å²) in [5.41, 5.74) is -0.313. The second-order valence-electron chi connectivity index (χ2n) is 7.35. The molecule has 0 aliphatic heterocycles. The molecule has 0 spiro atoms. The fraction of sp³-hybridized carbons (Fsp3) is 0.750. The van der Waals surface area contributed by atoms with E-state index in [1.807, 2.05) is 33.8 Å². The van der Waals surface area contributed by atoms with Crippen LogP contribution in [-0.4, -0.2) is 69.0 Å². The summed E-state index contributed by atoms with van der Waals surface area (Å²) in [7, 11) is 4.12. The molecule has 0 aromatic carbocycles. The van der Waals surface area contributed by atoms with Gasteiger partial charge >= 0.3 is 0 Å². The maximum atomic E-state index is 10.9. The monoisotopic (exact) mass is 510 g/mol. The molecule has 3 N–H and O–H groups in total. The van der Waals surface area contributed by atoms with Gasteiger partial charge < -0.3 is 29.8 Å². The number of ether oxygens (including phenoxy) is 1. The van der Waals surface area contributed by atoms with Crippen molar-refractivity contribution in [1.29, 1.82) is 0 Å². The van der Waals surface area contributed by atoms with Gasteiger partial charge in [-0.3, -0.25) is 0 Å². The molecule has 1 aromatic heterocycles. The van der Waals surface area contributed by atoms with E-state index in [0.717, 1.165) is 36.6 Å². The summed E-state index contributed by atoms with van der Waals surface area (Å²) in [6.45, 7) is 12.8. The molecule has 0 amide bonds. The minimum absolute atomic E-state index is 0. The fourth-order valence-corrected chi connectivity index (χ4v) is 2.92. The van der Waals surface area contributed by atoms with Gasteiger partial charge in [0.15, 0.2) is 5.96 Å². The molecule has 28 heavy (non-hydrogen) atoms.